The van der Waals surface area contributed by atoms with Crippen molar-refractivity contribution in [3.63, 3.8) is 0 Å². The summed E-state index contributed by atoms with van der Waals surface area (Å²) in [6.07, 6.45) is 3.91. The van der Waals surface area contributed by atoms with Gasteiger partial charge in [-0.25, -0.2) is 0 Å². The van der Waals surface area contributed by atoms with Gasteiger partial charge in [0.15, 0.2) is 0 Å². The molecule has 0 radical (unpaired) electrons. The smallest absolute Gasteiger partial charge is 0.243 e. The van der Waals surface area contributed by atoms with Gasteiger partial charge < -0.3 is 10.4 Å². The monoisotopic (exact) mass is 205 g/mol. The molecular weight excluding hydrogens is 190 g/mol. The Labute approximate surface area is 89.4 Å². The number of allylic oxidation sites excluding steroid dienone is 1. The molecular formula is C12H15NO2. The predicted molar refractivity (Wildman–Crippen MR) is 59.6 cm³/mol. The van der Waals surface area contributed by atoms with Crippen molar-refractivity contribution in [1.29, 1.82) is 0 Å². The van der Waals surface area contributed by atoms with Crippen LogP contribution in [0.5, 0.6) is 5.75 Å². The van der Waals surface area contributed by atoms with Gasteiger partial charge in [0.2, 0.25) is 5.91 Å². The normalized spacial score (nSPS) is 10.5. The summed E-state index contributed by atoms with van der Waals surface area (Å²) in [6, 6.07) is 7.03. The SMILES string of the molecule is C/C=C/C(=O)NCCc1cccc(O)c1. The summed E-state index contributed by atoms with van der Waals surface area (Å²) >= 11 is 0. The number of carbonyl (C=O) groups is 1. The van der Waals surface area contributed by atoms with Crippen LogP contribution in [0.2, 0.25) is 0 Å². The molecule has 0 saturated carbocycles. The third kappa shape index (κ3) is 4.31. The Kier molecular flexibility index (Phi) is 4.41. The molecule has 0 saturated heterocycles. The molecule has 1 amide bonds. The second-order valence-corrected chi connectivity index (χ2v) is 3.21. The van der Waals surface area contributed by atoms with E-state index in [-0.39, 0.29) is 11.7 Å². The van der Waals surface area contributed by atoms with Gasteiger partial charge in [-0.15, -0.1) is 0 Å². The van der Waals surface area contributed by atoms with Crippen LogP contribution in [0.3, 0.4) is 0 Å². The molecule has 0 heterocycles. The lowest BCUT2D eigenvalue weighted by Crippen LogP contribution is -2.23. The number of amides is 1. The predicted octanol–water partition coefficient (Wildman–Crippen LogP) is 1.63. The van der Waals surface area contributed by atoms with Crippen LogP contribution in [-0.2, 0) is 11.2 Å². The molecule has 1 rings (SSSR count). The molecule has 0 unspecified atom stereocenters. The molecule has 1 aromatic carbocycles. The van der Waals surface area contributed by atoms with Gasteiger partial charge in [-0.3, -0.25) is 4.79 Å². The van der Waals surface area contributed by atoms with Crippen LogP contribution in [0, 0.1) is 0 Å². The quantitative estimate of drug-likeness (QED) is 0.734. The van der Waals surface area contributed by atoms with Crippen molar-refractivity contribution >= 4 is 5.91 Å². The van der Waals surface area contributed by atoms with E-state index in [4.69, 9.17) is 0 Å². The fraction of sp³-hybridized carbons (Fsp3) is 0.250. The van der Waals surface area contributed by atoms with Gasteiger partial charge in [-0.2, -0.15) is 0 Å². The number of rotatable bonds is 4. The Hall–Kier alpha value is -1.77. The van der Waals surface area contributed by atoms with Crippen LogP contribution in [0.1, 0.15) is 12.5 Å². The number of phenols is 1. The van der Waals surface area contributed by atoms with Crippen LogP contribution in [-0.4, -0.2) is 17.6 Å². The van der Waals surface area contributed by atoms with Crippen molar-refractivity contribution in [2.24, 2.45) is 0 Å². The van der Waals surface area contributed by atoms with Gasteiger partial charge in [0.25, 0.3) is 0 Å². The highest BCUT2D eigenvalue weighted by Crippen LogP contribution is 2.10. The standard InChI is InChI=1S/C12H15NO2/c1-2-4-12(15)13-8-7-10-5-3-6-11(14)9-10/h2-6,9,14H,7-8H2,1H3,(H,13,15)/b4-2+. The third-order valence-electron chi connectivity index (χ3n) is 1.94. The van der Waals surface area contributed by atoms with Gasteiger partial charge in [0.05, 0.1) is 0 Å². The molecule has 3 nitrogen and oxygen atoms in total. The first kappa shape index (κ1) is 11.3. The second kappa shape index (κ2) is 5.86. The summed E-state index contributed by atoms with van der Waals surface area (Å²) in [5.74, 6) is 0.171. The van der Waals surface area contributed by atoms with Crippen LogP contribution >= 0.6 is 0 Å². The summed E-state index contributed by atoms with van der Waals surface area (Å²) in [7, 11) is 0. The summed E-state index contributed by atoms with van der Waals surface area (Å²) in [5, 5.41) is 12.0. The zero-order valence-corrected chi connectivity index (χ0v) is 8.73. The average molecular weight is 205 g/mol. The first-order valence-corrected chi connectivity index (χ1v) is 4.91. The number of hydrogen-bond acceptors (Lipinski definition) is 2. The molecule has 2 N–H and O–H groups in total. The largest absolute Gasteiger partial charge is 0.508 e. The van der Waals surface area contributed by atoms with Gasteiger partial charge in [-0.05, 0) is 37.1 Å². The van der Waals surface area contributed by atoms with Crippen LogP contribution < -0.4 is 5.32 Å². The second-order valence-electron chi connectivity index (χ2n) is 3.21. The Morgan fingerprint density at radius 2 is 2.33 bits per heavy atom. The molecule has 3 heteroatoms. The fourth-order valence-electron chi connectivity index (χ4n) is 1.25. The Morgan fingerprint density at radius 1 is 1.53 bits per heavy atom. The van der Waals surface area contributed by atoms with Gasteiger partial charge in [-0.1, -0.05) is 18.2 Å². The van der Waals surface area contributed by atoms with Gasteiger partial charge in [0, 0.05) is 6.54 Å². The highest BCUT2D eigenvalue weighted by Gasteiger charge is 1.96. The fourth-order valence-corrected chi connectivity index (χ4v) is 1.25. The van der Waals surface area contributed by atoms with Crippen molar-refractivity contribution in [3.05, 3.63) is 42.0 Å². The molecule has 0 spiro atoms. The minimum Gasteiger partial charge on any atom is -0.508 e. The van der Waals surface area contributed by atoms with E-state index in [0.29, 0.717) is 6.54 Å². The van der Waals surface area contributed by atoms with Gasteiger partial charge >= 0.3 is 0 Å². The van der Waals surface area contributed by atoms with Crippen molar-refractivity contribution in [3.8, 4) is 5.75 Å². The van der Waals surface area contributed by atoms with E-state index in [1.165, 1.54) is 6.08 Å². The van der Waals surface area contributed by atoms with Gasteiger partial charge in [0.1, 0.15) is 5.75 Å². The maximum absolute atomic E-state index is 11.1. The minimum absolute atomic E-state index is 0.0855. The molecule has 0 bridgehead atoms. The summed E-state index contributed by atoms with van der Waals surface area (Å²) in [6.45, 7) is 2.38. The molecule has 15 heavy (non-hydrogen) atoms. The zero-order chi connectivity index (χ0) is 11.1. The van der Waals surface area contributed by atoms with E-state index in [9.17, 15) is 9.90 Å². The summed E-state index contributed by atoms with van der Waals surface area (Å²) < 4.78 is 0. The van der Waals surface area contributed by atoms with Crippen molar-refractivity contribution in [1.82, 2.24) is 5.32 Å². The number of aromatic hydroxyl groups is 1. The highest BCUT2D eigenvalue weighted by atomic mass is 16.3. The van der Waals surface area contributed by atoms with E-state index in [2.05, 4.69) is 5.32 Å². The van der Waals surface area contributed by atoms with Crippen molar-refractivity contribution < 1.29 is 9.90 Å². The summed E-state index contributed by atoms with van der Waals surface area (Å²) in [5.41, 5.74) is 1.01. The molecule has 80 valence electrons. The van der Waals surface area contributed by atoms with Crippen LogP contribution in [0.25, 0.3) is 0 Å². The number of nitrogens with one attached hydrogen (secondary N) is 1. The number of phenolic OH excluding ortho intramolecular Hbond substituents is 1. The lowest BCUT2D eigenvalue weighted by molar-refractivity contribution is -0.116. The molecule has 0 fully saturated rings. The molecule has 0 aliphatic carbocycles. The lowest BCUT2D eigenvalue weighted by atomic mass is 10.1. The third-order valence-corrected chi connectivity index (χ3v) is 1.94. The molecule has 1 aromatic rings. The van der Waals surface area contributed by atoms with E-state index in [0.717, 1.165) is 12.0 Å². The molecule has 0 aromatic heterocycles. The van der Waals surface area contributed by atoms with Crippen LogP contribution in [0.15, 0.2) is 36.4 Å². The molecule has 0 aliphatic rings. The number of hydrogen-bond donors (Lipinski definition) is 2. The Balaban J connectivity index is 2.35. The highest BCUT2D eigenvalue weighted by molar-refractivity contribution is 5.87. The van der Waals surface area contributed by atoms with Crippen molar-refractivity contribution in [2.75, 3.05) is 6.54 Å². The van der Waals surface area contributed by atoms with Crippen molar-refractivity contribution in [2.45, 2.75) is 13.3 Å². The zero-order valence-electron chi connectivity index (χ0n) is 8.73. The first-order valence-electron chi connectivity index (χ1n) is 4.91. The number of benzene rings is 1. The van der Waals surface area contributed by atoms with E-state index in [1.807, 2.05) is 6.07 Å². The van der Waals surface area contributed by atoms with E-state index < -0.39 is 0 Å². The topological polar surface area (TPSA) is 49.3 Å². The molecule has 0 aliphatic heterocycles. The van der Waals surface area contributed by atoms with Crippen LogP contribution in [0.4, 0.5) is 0 Å². The van der Waals surface area contributed by atoms with E-state index >= 15 is 0 Å². The average Bonchev–Trinajstić information content (AvgIpc) is 2.18. The molecule has 0 atom stereocenters. The number of carbonyl (C=O) groups excluding carboxylic acids is 1. The summed E-state index contributed by atoms with van der Waals surface area (Å²) in [4.78, 5) is 11.1. The Bertz CT molecular complexity index is 358. The minimum atomic E-state index is -0.0855. The van der Waals surface area contributed by atoms with E-state index in [1.54, 1.807) is 31.2 Å². The lowest BCUT2D eigenvalue weighted by Gasteiger charge is -2.02. The Morgan fingerprint density at radius 3 is 3.00 bits per heavy atom. The first-order chi connectivity index (χ1) is 7.22. The maximum atomic E-state index is 11.1. The maximum Gasteiger partial charge on any atom is 0.243 e.